The summed E-state index contributed by atoms with van der Waals surface area (Å²) in [6.45, 7) is 1.78. The van der Waals surface area contributed by atoms with Gasteiger partial charge in [-0.25, -0.2) is 5.12 Å². The van der Waals surface area contributed by atoms with E-state index in [1.807, 2.05) is 23.2 Å². The molecule has 3 atom stereocenters. The summed E-state index contributed by atoms with van der Waals surface area (Å²) < 4.78 is 50.5. The molecule has 3 heterocycles. The van der Waals surface area contributed by atoms with Gasteiger partial charge >= 0.3 is 6.36 Å². The van der Waals surface area contributed by atoms with Crippen LogP contribution < -0.4 is 15.1 Å². The number of hydrazone groups is 1. The third-order valence-electron chi connectivity index (χ3n) is 6.76. The van der Waals surface area contributed by atoms with Crippen molar-refractivity contribution in [1.82, 2.24) is 10.4 Å². The molecule has 176 valence electrons. The molecule has 3 aliphatic heterocycles. The zero-order chi connectivity index (χ0) is 23.1. The number of nitrogens with zero attached hydrogens (tertiary/aromatic N) is 3. The number of alkyl halides is 3. The van der Waals surface area contributed by atoms with Gasteiger partial charge in [0, 0.05) is 24.7 Å². The minimum Gasteiger partial charge on any atom is -0.405 e. The summed E-state index contributed by atoms with van der Waals surface area (Å²) >= 11 is 0. The molecule has 2 saturated heterocycles. The molecule has 9 heteroatoms. The van der Waals surface area contributed by atoms with Crippen molar-refractivity contribution in [3.8, 4) is 5.75 Å². The van der Waals surface area contributed by atoms with E-state index in [1.54, 1.807) is 30.5 Å². The van der Waals surface area contributed by atoms with Crippen LogP contribution in [0, 0.1) is 0 Å². The molecule has 0 unspecified atom stereocenters. The summed E-state index contributed by atoms with van der Waals surface area (Å²) in [5, 5.41) is 11.4. The molecule has 3 aliphatic rings. The van der Waals surface area contributed by atoms with Crippen LogP contribution in [0.15, 0.2) is 53.6 Å². The lowest BCUT2D eigenvalue weighted by Crippen LogP contribution is -2.48. The van der Waals surface area contributed by atoms with Gasteiger partial charge in [-0.15, -0.1) is 13.2 Å². The first-order valence-electron chi connectivity index (χ1n) is 11.2. The number of anilines is 1. The van der Waals surface area contributed by atoms with Gasteiger partial charge in [0.05, 0.1) is 30.5 Å². The second-order valence-corrected chi connectivity index (χ2v) is 8.82. The first-order valence-corrected chi connectivity index (χ1v) is 11.2. The molecule has 0 saturated carbocycles. The van der Waals surface area contributed by atoms with Gasteiger partial charge in [0.15, 0.2) is 0 Å². The van der Waals surface area contributed by atoms with Crippen molar-refractivity contribution < 1.29 is 22.6 Å². The Balaban J connectivity index is 1.47. The summed E-state index contributed by atoms with van der Waals surface area (Å²) in [5.74, 6) is -0.387. The molecular formula is C24H27F3N4O2. The lowest BCUT2D eigenvalue weighted by Gasteiger charge is -2.41. The van der Waals surface area contributed by atoms with Crippen molar-refractivity contribution in [2.45, 2.75) is 43.2 Å². The maximum atomic E-state index is 13.2. The van der Waals surface area contributed by atoms with Crippen molar-refractivity contribution in [1.29, 1.82) is 0 Å². The summed E-state index contributed by atoms with van der Waals surface area (Å²) in [6.07, 6.45) is -0.582. The van der Waals surface area contributed by atoms with Crippen LogP contribution in [-0.4, -0.2) is 50.0 Å². The number of ether oxygens (including phenoxy) is 2. The highest BCUT2D eigenvalue weighted by Gasteiger charge is 2.49. The molecule has 2 aromatic rings. The van der Waals surface area contributed by atoms with Gasteiger partial charge in [-0.05, 0) is 49.6 Å². The molecule has 0 bridgehead atoms. The number of halogens is 3. The molecule has 1 spiro atoms. The van der Waals surface area contributed by atoms with Gasteiger partial charge in [0.2, 0.25) is 0 Å². The van der Waals surface area contributed by atoms with Gasteiger partial charge in [-0.3, -0.25) is 5.01 Å². The maximum Gasteiger partial charge on any atom is 0.573 e. The maximum absolute atomic E-state index is 13.2. The Labute approximate surface area is 190 Å². The van der Waals surface area contributed by atoms with E-state index in [9.17, 15) is 13.2 Å². The largest absolute Gasteiger partial charge is 0.573 e. The number of nitrogens with one attached hydrogen (secondary N) is 1. The van der Waals surface area contributed by atoms with Crippen LogP contribution in [0.4, 0.5) is 18.9 Å². The Hall–Kier alpha value is -2.78. The van der Waals surface area contributed by atoms with E-state index < -0.39 is 12.0 Å². The highest BCUT2D eigenvalue weighted by atomic mass is 19.4. The first-order chi connectivity index (χ1) is 15.8. The van der Waals surface area contributed by atoms with E-state index in [-0.39, 0.29) is 17.7 Å². The first kappa shape index (κ1) is 22.0. The van der Waals surface area contributed by atoms with Gasteiger partial charge in [-0.1, -0.05) is 30.3 Å². The van der Waals surface area contributed by atoms with Crippen LogP contribution in [0.3, 0.4) is 0 Å². The Morgan fingerprint density at radius 3 is 2.73 bits per heavy atom. The highest BCUT2D eigenvalue weighted by Crippen LogP contribution is 2.50. The zero-order valence-electron chi connectivity index (χ0n) is 18.4. The summed E-state index contributed by atoms with van der Waals surface area (Å²) in [6, 6.07) is 14.9. The van der Waals surface area contributed by atoms with E-state index in [0.717, 1.165) is 30.6 Å². The Kier molecular flexibility index (Phi) is 5.70. The van der Waals surface area contributed by atoms with Gasteiger partial charge in [0.1, 0.15) is 5.75 Å². The van der Waals surface area contributed by atoms with Gasteiger partial charge in [0.25, 0.3) is 0 Å². The fraction of sp³-hybridized carbons (Fsp3) is 0.458. The third-order valence-corrected chi connectivity index (χ3v) is 6.76. The lowest BCUT2D eigenvalue weighted by molar-refractivity contribution is -0.275. The number of benzene rings is 2. The molecular weight excluding hydrogens is 433 g/mol. The molecule has 0 aliphatic carbocycles. The fourth-order valence-electron chi connectivity index (χ4n) is 5.33. The number of hydrogen-bond acceptors (Lipinski definition) is 6. The molecule has 0 radical (unpaired) electrons. The molecule has 6 nitrogen and oxygen atoms in total. The van der Waals surface area contributed by atoms with Gasteiger partial charge in [-0.2, -0.15) is 5.10 Å². The van der Waals surface area contributed by atoms with Crippen LogP contribution in [-0.2, 0) is 4.74 Å². The van der Waals surface area contributed by atoms with Crippen molar-refractivity contribution in [3.63, 3.8) is 0 Å². The van der Waals surface area contributed by atoms with E-state index in [0.29, 0.717) is 25.1 Å². The van der Waals surface area contributed by atoms with E-state index >= 15 is 0 Å². The minimum atomic E-state index is -4.76. The van der Waals surface area contributed by atoms with E-state index in [1.165, 1.54) is 6.07 Å². The Bertz CT molecular complexity index is 1020. The molecule has 2 aromatic carbocycles. The standard InChI is InChI=1S/C24H27F3N4O2/c1-30-29-12-13-31(30)19-8-9-21(33-24(25,26)27)20(14-19)18-15-23(32-16-18)10-5-11-28-22(23)17-6-3-2-4-7-17/h2-4,6-9,12,14,18,22,28H,5,10-11,13,15-16H2,1H3/t18-,22+,23-/m1/s1. The fourth-order valence-corrected chi connectivity index (χ4v) is 5.33. The van der Waals surface area contributed by atoms with Crippen molar-refractivity contribution in [2.24, 2.45) is 5.10 Å². The topological polar surface area (TPSA) is 49.3 Å². The summed E-state index contributed by atoms with van der Waals surface area (Å²) in [5.41, 5.74) is 1.94. The number of hydrogen-bond donors (Lipinski definition) is 1. The normalized spacial score (nSPS) is 27.5. The van der Waals surface area contributed by atoms with E-state index in [2.05, 4.69) is 27.3 Å². The van der Waals surface area contributed by atoms with Crippen molar-refractivity contribution in [2.75, 3.05) is 31.8 Å². The second-order valence-electron chi connectivity index (χ2n) is 8.82. The average Bonchev–Trinajstić information content (AvgIpc) is 3.41. The lowest BCUT2D eigenvalue weighted by atomic mass is 9.77. The second kappa shape index (κ2) is 8.53. The minimum absolute atomic E-state index is 0.00858. The summed E-state index contributed by atoms with van der Waals surface area (Å²) in [7, 11) is 1.80. The average molecular weight is 461 g/mol. The Morgan fingerprint density at radius 2 is 2.00 bits per heavy atom. The third kappa shape index (κ3) is 4.39. The molecule has 2 fully saturated rings. The van der Waals surface area contributed by atoms with Crippen LogP contribution >= 0.6 is 0 Å². The van der Waals surface area contributed by atoms with Crippen LogP contribution in [0.5, 0.6) is 5.75 Å². The Morgan fingerprint density at radius 1 is 1.18 bits per heavy atom. The molecule has 33 heavy (non-hydrogen) atoms. The van der Waals surface area contributed by atoms with E-state index in [4.69, 9.17) is 4.74 Å². The number of hydrazine groups is 1. The van der Waals surface area contributed by atoms with Crippen LogP contribution in [0.25, 0.3) is 0 Å². The van der Waals surface area contributed by atoms with Crippen molar-refractivity contribution >= 4 is 11.9 Å². The quantitative estimate of drug-likeness (QED) is 0.723. The monoisotopic (exact) mass is 460 g/mol. The predicted octanol–water partition coefficient (Wildman–Crippen LogP) is 4.61. The van der Waals surface area contributed by atoms with Crippen LogP contribution in [0.2, 0.25) is 0 Å². The number of rotatable bonds is 4. The van der Waals surface area contributed by atoms with Crippen LogP contribution in [0.1, 0.15) is 42.3 Å². The molecule has 0 aromatic heterocycles. The van der Waals surface area contributed by atoms with Crippen molar-refractivity contribution in [3.05, 3.63) is 59.7 Å². The SMILES string of the molecule is CN1N=CCN1c1ccc(OC(F)(F)F)c([C@H]2CO[C@]3(CCCN[C@H]3c3ccccc3)C2)c1. The summed E-state index contributed by atoms with van der Waals surface area (Å²) in [4.78, 5) is 0. The molecule has 0 amide bonds. The number of piperidine rings is 1. The molecule has 5 rings (SSSR count). The van der Waals surface area contributed by atoms with Gasteiger partial charge < -0.3 is 14.8 Å². The zero-order valence-corrected chi connectivity index (χ0v) is 18.4. The highest BCUT2D eigenvalue weighted by molar-refractivity contribution is 5.69. The molecule has 1 N–H and O–H groups in total. The smallest absolute Gasteiger partial charge is 0.405 e. The predicted molar refractivity (Wildman–Crippen MR) is 119 cm³/mol.